The van der Waals surface area contributed by atoms with Gasteiger partial charge in [0.1, 0.15) is 5.82 Å². The second-order valence-electron chi connectivity index (χ2n) is 3.88. The number of nitrogens with one attached hydrogen (secondary N) is 1. The summed E-state index contributed by atoms with van der Waals surface area (Å²) in [5, 5.41) is 3.77. The third kappa shape index (κ3) is 4.08. The highest BCUT2D eigenvalue weighted by Crippen LogP contribution is 2.18. The first-order chi connectivity index (χ1) is 7.65. The molecule has 0 saturated carbocycles. The molecular formula is C12H18ClFN2. The number of benzene rings is 1. The molecule has 0 aromatic heterocycles. The Morgan fingerprint density at radius 3 is 2.88 bits per heavy atom. The maximum atomic E-state index is 13.4. The van der Waals surface area contributed by atoms with Crippen molar-refractivity contribution in [3.8, 4) is 0 Å². The molecule has 0 heterocycles. The van der Waals surface area contributed by atoms with Crippen LogP contribution < -0.4 is 11.1 Å². The molecule has 16 heavy (non-hydrogen) atoms. The minimum absolute atomic E-state index is 0.235. The lowest BCUT2D eigenvalue weighted by Gasteiger charge is -2.13. The Labute approximate surface area is 101 Å². The van der Waals surface area contributed by atoms with Crippen LogP contribution in [-0.2, 0) is 6.42 Å². The molecule has 90 valence electrons. The van der Waals surface area contributed by atoms with E-state index >= 15 is 0 Å². The maximum absolute atomic E-state index is 13.4. The van der Waals surface area contributed by atoms with Gasteiger partial charge in [-0.25, -0.2) is 4.39 Å². The summed E-state index contributed by atoms with van der Waals surface area (Å²) < 4.78 is 13.4. The molecule has 2 nitrogen and oxygen atoms in total. The fourth-order valence-corrected chi connectivity index (χ4v) is 1.82. The standard InChI is InChI=1S/C12H18ClFN2/c1-9(5-7-15)16-8-6-10-11(13)3-2-4-12(10)14/h2-4,9,16H,5-8,15H2,1H3. The van der Waals surface area contributed by atoms with Crippen LogP contribution in [0.15, 0.2) is 18.2 Å². The van der Waals surface area contributed by atoms with E-state index in [-0.39, 0.29) is 5.82 Å². The van der Waals surface area contributed by atoms with Crippen molar-refractivity contribution in [2.24, 2.45) is 5.73 Å². The largest absolute Gasteiger partial charge is 0.330 e. The van der Waals surface area contributed by atoms with Crippen molar-refractivity contribution in [2.75, 3.05) is 13.1 Å². The van der Waals surface area contributed by atoms with Crippen LogP contribution in [0.2, 0.25) is 5.02 Å². The lowest BCUT2D eigenvalue weighted by atomic mass is 10.1. The van der Waals surface area contributed by atoms with Crippen LogP contribution in [0.3, 0.4) is 0 Å². The van der Waals surface area contributed by atoms with Crippen molar-refractivity contribution in [2.45, 2.75) is 25.8 Å². The number of hydrogen-bond acceptors (Lipinski definition) is 2. The highest BCUT2D eigenvalue weighted by Gasteiger charge is 2.07. The molecule has 1 atom stereocenters. The molecule has 0 amide bonds. The van der Waals surface area contributed by atoms with Gasteiger partial charge < -0.3 is 11.1 Å². The molecule has 0 bridgehead atoms. The van der Waals surface area contributed by atoms with Gasteiger partial charge in [-0.2, -0.15) is 0 Å². The molecule has 1 rings (SSSR count). The lowest BCUT2D eigenvalue weighted by Crippen LogP contribution is -2.30. The Morgan fingerprint density at radius 2 is 2.25 bits per heavy atom. The smallest absolute Gasteiger partial charge is 0.127 e. The van der Waals surface area contributed by atoms with Crippen molar-refractivity contribution >= 4 is 11.6 Å². The first-order valence-electron chi connectivity index (χ1n) is 5.51. The lowest BCUT2D eigenvalue weighted by molar-refractivity contribution is 0.517. The third-order valence-electron chi connectivity index (χ3n) is 2.53. The number of nitrogens with two attached hydrogens (primary N) is 1. The third-order valence-corrected chi connectivity index (χ3v) is 2.88. The topological polar surface area (TPSA) is 38.0 Å². The second-order valence-corrected chi connectivity index (χ2v) is 4.29. The zero-order valence-corrected chi connectivity index (χ0v) is 10.2. The van der Waals surface area contributed by atoms with Crippen LogP contribution in [-0.4, -0.2) is 19.1 Å². The van der Waals surface area contributed by atoms with E-state index in [0.717, 1.165) is 6.42 Å². The average Bonchev–Trinajstić information content (AvgIpc) is 2.23. The Bertz CT molecular complexity index is 311. The molecule has 0 saturated heterocycles. The van der Waals surface area contributed by atoms with E-state index in [4.69, 9.17) is 17.3 Å². The number of hydrogen-bond donors (Lipinski definition) is 2. The van der Waals surface area contributed by atoms with Crippen LogP contribution >= 0.6 is 11.6 Å². The molecule has 0 spiro atoms. The van der Waals surface area contributed by atoms with Crippen LogP contribution in [0.25, 0.3) is 0 Å². The molecule has 4 heteroatoms. The van der Waals surface area contributed by atoms with Gasteiger partial charge in [-0.1, -0.05) is 17.7 Å². The quantitative estimate of drug-likeness (QED) is 0.806. The highest BCUT2D eigenvalue weighted by molar-refractivity contribution is 6.31. The van der Waals surface area contributed by atoms with Crippen LogP contribution in [0.4, 0.5) is 4.39 Å². The fraction of sp³-hybridized carbons (Fsp3) is 0.500. The van der Waals surface area contributed by atoms with E-state index < -0.39 is 0 Å². The highest BCUT2D eigenvalue weighted by atomic mass is 35.5. The molecule has 1 unspecified atom stereocenters. The molecule has 1 aromatic carbocycles. The van der Waals surface area contributed by atoms with Gasteiger partial charge in [-0.15, -0.1) is 0 Å². The van der Waals surface area contributed by atoms with E-state index in [1.807, 2.05) is 0 Å². The Morgan fingerprint density at radius 1 is 1.50 bits per heavy atom. The monoisotopic (exact) mass is 244 g/mol. The Hall–Kier alpha value is -0.640. The first-order valence-corrected chi connectivity index (χ1v) is 5.89. The van der Waals surface area contributed by atoms with Crippen molar-refractivity contribution in [1.29, 1.82) is 0 Å². The summed E-state index contributed by atoms with van der Waals surface area (Å²) in [4.78, 5) is 0. The summed E-state index contributed by atoms with van der Waals surface area (Å²) in [7, 11) is 0. The minimum atomic E-state index is -0.235. The first kappa shape index (κ1) is 13.4. The molecule has 0 fully saturated rings. The summed E-state index contributed by atoms with van der Waals surface area (Å²) in [6.45, 7) is 3.44. The van der Waals surface area contributed by atoms with E-state index in [1.54, 1.807) is 12.1 Å². The summed E-state index contributed by atoms with van der Waals surface area (Å²) in [6.07, 6.45) is 1.52. The Balaban J connectivity index is 2.43. The summed E-state index contributed by atoms with van der Waals surface area (Å²) in [5.74, 6) is -0.235. The van der Waals surface area contributed by atoms with Gasteiger partial charge in [0.15, 0.2) is 0 Å². The minimum Gasteiger partial charge on any atom is -0.330 e. The molecule has 0 aliphatic heterocycles. The van der Waals surface area contributed by atoms with Crippen molar-refractivity contribution in [3.63, 3.8) is 0 Å². The molecule has 0 aliphatic rings. The zero-order chi connectivity index (χ0) is 12.0. The van der Waals surface area contributed by atoms with E-state index in [1.165, 1.54) is 6.07 Å². The molecule has 0 radical (unpaired) electrons. The normalized spacial score (nSPS) is 12.8. The SMILES string of the molecule is CC(CCN)NCCc1c(F)cccc1Cl. The zero-order valence-electron chi connectivity index (χ0n) is 9.47. The van der Waals surface area contributed by atoms with Crippen molar-refractivity contribution in [1.82, 2.24) is 5.32 Å². The molecule has 0 aliphatic carbocycles. The fourth-order valence-electron chi connectivity index (χ4n) is 1.57. The average molecular weight is 245 g/mol. The van der Waals surface area contributed by atoms with E-state index in [9.17, 15) is 4.39 Å². The number of rotatable bonds is 6. The van der Waals surface area contributed by atoms with Gasteiger partial charge in [0.25, 0.3) is 0 Å². The number of halogens is 2. The van der Waals surface area contributed by atoms with Gasteiger partial charge in [-0.3, -0.25) is 0 Å². The Kier molecular flexibility index (Phi) is 5.74. The van der Waals surface area contributed by atoms with E-state index in [0.29, 0.717) is 36.1 Å². The van der Waals surface area contributed by atoms with Crippen LogP contribution in [0, 0.1) is 5.82 Å². The van der Waals surface area contributed by atoms with Crippen molar-refractivity contribution < 1.29 is 4.39 Å². The molecule has 3 N–H and O–H groups in total. The van der Waals surface area contributed by atoms with E-state index in [2.05, 4.69) is 12.2 Å². The predicted molar refractivity (Wildman–Crippen MR) is 66.3 cm³/mol. The molecule has 1 aromatic rings. The summed E-state index contributed by atoms with van der Waals surface area (Å²) >= 11 is 5.92. The van der Waals surface area contributed by atoms with Gasteiger partial charge in [0, 0.05) is 16.6 Å². The second kappa shape index (κ2) is 6.84. The predicted octanol–water partition coefficient (Wildman–Crippen LogP) is 2.35. The van der Waals surface area contributed by atoms with Gasteiger partial charge >= 0.3 is 0 Å². The summed E-state index contributed by atoms with van der Waals surface area (Å²) in [5.41, 5.74) is 6.02. The van der Waals surface area contributed by atoms with Gasteiger partial charge in [-0.05, 0) is 45.0 Å². The molecular weight excluding hydrogens is 227 g/mol. The van der Waals surface area contributed by atoms with Crippen LogP contribution in [0.5, 0.6) is 0 Å². The van der Waals surface area contributed by atoms with Gasteiger partial charge in [0.2, 0.25) is 0 Å². The van der Waals surface area contributed by atoms with Crippen LogP contribution in [0.1, 0.15) is 18.9 Å². The van der Waals surface area contributed by atoms with Gasteiger partial charge in [0.05, 0.1) is 0 Å². The summed E-state index contributed by atoms with van der Waals surface area (Å²) in [6, 6.07) is 5.12. The maximum Gasteiger partial charge on any atom is 0.127 e. The van der Waals surface area contributed by atoms with Crippen molar-refractivity contribution in [3.05, 3.63) is 34.6 Å².